The number of aromatic nitrogens is 4. The Hall–Kier alpha value is -3.59. The first-order valence-corrected chi connectivity index (χ1v) is 8.49. The van der Waals surface area contributed by atoms with Crippen LogP contribution in [0.5, 0.6) is 0 Å². The maximum absolute atomic E-state index is 12.7. The van der Waals surface area contributed by atoms with Gasteiger partial charge in [0.05, 0.1) is 12.9 Å². The van der Waals surface area contributed by atoms with Crippen molar-refractivity contribution in [3.8, 4) is 16.9 Å². The average Bonchev–Trinajstić information content (AvgIpc) is 3.06. The van der Waals surface area contributed by atoms with Crippen LogP contribution in [0.15, 0.2) is 65.6 Å². The SMILES string of the molecule is CC(=O)Nc1ccc(-c2ccnc(-n3cnn(C/C(=C/F)CN)c3=O)c2)cc1. The van der Waals surface area contributed by atoms with Gasteiger partial charge in [-0.3, -0.25) is 4.79 Å². The molecule has 3 rings (SSSR count). The number of hydrogen-bond acceptors (Lipinski definition) is 5. The zero-order chi connectivity index (χ0) is 20.1. The maximum Gasteiger partial charge on any atom is 0.351 e. The number of hydrogen-bond donors (Lipinski definition) is 2. The lowest BCUT2D eigenvalue weighted by Crippen LogP contribution is -2.26. The molecular formula is C19H19FN6O2. The average molecular weight is 382 g/mol. The van der Waals surface area contributed by atoms with E-state index in [0.29, 0.717) is 17.8 Å². The summed E-state index contributed by atoms with van der Waals surface area (Å²) in [6.45, 7) is 1.42. The molecule has 0 spiro atoms. The van der Waals surface area contributed by atoms with Gasteiger partial charge in [-0.1, -0.05) is 12.1 Å². The first-order valence-electron chi connectivity index (χ1n) is 8.49. The maximum atomic E-state index is 12.7. The number of nitrogens with zero attached hydrogens (tertiary/aromatic N) is 4. The number of carbonyl (C=O) groups is 1. The monoisotopic (exact) mass is 382 g/mol. The van der Waals surface area contributed by atoms with E-state index in [1.54, 1.807) is 24.4 Å². The van der Waals surface area contributed by atoms with E-state index >= 15 is 0 Å². The molecule has 2 aromatic heterocycles. The van der Waals surface area contributed by atoms with E-state index in [1.165, 1.54) is 17.8 Å². The summed E-state index contributed by atoms with van der Waals surface area (Å²) in [7, 11) is 0. The molecule has 3 aromatic rings. The molecular weight excluding hydrogens is 363 g/mol. The summed E-state index contributed by atoms with van der Waals surface area (Å²) < 4.78 is 15.1. The second-order valence-electron chi connectivity index (χ2n) is 6.07. The van der Waals surface area contributed by atoms with Gasteiger partial charge in [-0.25, -0.2) is 23.4 Å². The number of carbonyl (C=O) groups excluding carboxylic acids is 1. The minimum Gasteiger partial charge on any atom is -0.327 e. The summed E-state index contributed by atoms with van der Waals surface area (Å²) in [5, 5.41) is 6.70. The standard InChI is InChI=1S/C19H19FN6O2/c1-13(27)24-17-4-2-15(3-5-17)16-6-7-22-18(8-16)25-12-23-26(19(25)28)11-14(9-20)10-21/h2-9,12H,10-11,21H2,1H3,(H,24,27)/b14-9+. The lowest BCUT2D eigenvalue weighted by atomic mass is 10.1. The highest BCUT2D eigenvalue weighted by Gasteiger charge is 2.10. The molecule has 1 aromatic carbocycles. The van der Waals surface area contributed by atoms with Crippen LogP contribution in [0.2, 0.25) is 0 Å². The van der Waals surface area contributed by atoms with Gasteiger partial charge in [0.2, 0.25) is 5.91 Å². The van der Waals surface area contributed by atoms with E-state index in [4.69, 9.17) is 5.73 Å². The third kappa shape index (κ3) is 4.21. The zero-order valence-electron chi connectivity index (χ0n) is 15.2. The minimum absolute atomic E-state index is 0.00197. The van der Waals surface area contributed by atoms with Crippen LogP contribution in [0, 0.1) is 0 Å². The molecule has 0 bridgehead atoms. The number of rotatable bonds is 6. The van der Waals surface area contributed by atoms with Crippen LogP contribution in [0.1, 0.15) is 6.92 Å². The van der Waals surface area contributed by atoms with Gasteiger partial charge >= 0.3 is 5.69 Å². The quantitative estimate of drug-likeness (QED) is 0.677. The van der Waals surface area contributed by atoms with Gasteiger partial charge in [0, 0.05) is 25.4 Å². The number of nitrogens with two attached hydrogens (primary N) is 1. The minimum atomic E-state index is -0.446. The Kier molecular flexibility index (Phi) is 5.75. The number of amides is 1. The molecule has 0 atom stereocenters. The number of anilines is 1. The van der Waals surface area contributed by atoms with E-state index in [9.17, 15) is 14.0 Å². The van der Waals surface area contributed by atoms with Crippen LogP contribution in [-0.4, -0.2) is 31.8 Å². The van der Waals surface area contributed by atoms with Crippen molar-refractivity contribution in [2.24, 2.45) is 5.73 Å². The van der Waals surface area contributed by atoms with Crippen molar-refractivity contribution in [1.82, 2.24) is 19.3 Å². The van der Waals surface area contributed by atoms with Gasteiger partial charge in [0.1, 0.15) is 12.1 Å². The summed E-state index contributed by atoms with van der Waals surface area (Å²) in [5.41, 5.74) is 7.66. The highest BCUT2D eigenvalue weighted by atomic mass is 19.1. The highest BCUT2D eigenvalue weighted by molar-refractivity contribution is 5.89. The fraction of sp³-hybridized carbons (Fsp3) is 0.158. The van der Waals surface area contributed by atoms with Crippen LogP contribution in [0.25, 0.3) is 16.9 Å². The van der Waals surface area contributed by atoms with Gasteiger partial charge in [-0.15, -0.1) is 0 Å². The summed E-state index contributed by atoms with van der Waals surface area (Å²) in [6, 6.07) is 10.9. The first kappa shape index (κ1) is 19.2. The molecule has 28 heavy (non-hydrogen) atoms. The number of halogens is 1. The fourth-order valence-corrected chi connectivity index (χ4v) is 2.62. The summed E-state index contributed by atoms with van der Waals surface area (Å²) in [6.07, 6.45) is 3.30. The number of nitrogens with one attached hydrogen (secondary N) is 1. The number of benzene rings is 1. The largest absolute Gasteiger partial charge is 0.351 e. The van der Waals surface area contributed by atoms with Gasteiger partial charge in [0.15, 0.2) is 0 Å². The van der Waals surface area contributed by atoms with E-state index in [2.05, 4.69) is 15.4 Å². The Morgan fingerprint density at radius 2 is 2.00 bits per heavy atom. The Balaban J connectivity index is 1.89. The normalized spacial score (nSPS) is 11.5. The molecule has 3 N–H and O–H groups in total. The summed E-state index contributed by atoms with van der Waals surface area (Å²) in [4.78, 5) is 27.9. The second-order valence-corrected chi connectivity index (χ2v) is 6.07. The van der Waals surface area contributed by atoms with Gasteiger partial charge < -0.3 is 11.1 Å². The van der Waals surface area contributed by atoms with Crippen LogP contribution in [0.4, 0.5) is 10.1 Å². The molecule has 144 valence electrons. The predicted molar refractivity (Wildman–Crippen MR) is 104 cm³/mol. The number of pyridine rings is 1. The molecule has 0 radical (unpaired) electrons. The van der Waals surface area contributed by atoms with Crippen LogP contribution in [0.3, 0.4) is 0 Å². The fourth-order valence-electron chi connectivity index (χ4n) is 2.62. The Morgan fingerprint density at radius 3 is 2.64 bits per heavy atom. The third-order valence-electron chi connectivity index (χ3n) is 4.03. The lowest BCUT2D eigenvalue weighted by Gasteiger charge is -2.07. The summed E-state index contributed by atoms with van der Waals surface area (Å²) >= 11 is 0. The predicted octanol–water partition coefficient (Wildman–Crippen LogP) is 1.87. The molecule has 1 amide bonds. The first-order chi connectivity index (χ1) is 13.5. The van der Waals surface area contributed by atoms with Gasteiger partial charge in [-0.05, 0) is 41.0 Å². The van der Waals surface area contributed by atoms with Crippen molar-refractivity contribution >= 4 is 11.6 Å². The molecule has 2 heterocycles. The summed E-state index contributed by atoms with van der Waals surface area (Å²) in [5.74, 6) is 0.244. The van der Waals surface area contributed by atoms with E-state index < -0.39 is 5.69 Å². The Morgan fingerprint density at radius 1 is 1.25 bits per heavy atom. The van der Waals surface area contributed by atoms with Crippen molar-refractivity contribution in [3.05, 3.63) is 71.3 Å². The molecule has 0 aliphatic carbocycles. The molecule has 0 unspecified atom stereocenters. The smallest absolute Gasteiger partial charge is 0.327 e. The third-order valence-corrected chi connectivity index (χ3v) is 4.03. The van der Waals surface area contributed by atoms with E-state index in [1.807, 2.05) is 18.2 Å². The van der Waals surface area contributed by atoms with Gasteiger partial charge in [0.25, 0.3) is 0 Å². The van der Waals surface area contributed by atoms with Crippen LogP contribution in [-0.2, 0) is 11.3 Å². The molecule has 0 aliphatic rings. The van der Waals surface area contributed by atoms with Crippen molar-refractivity contribution < 1.29 is 9.18 Å². The highest BCUT2D eigenvalue weighted by Crippen LogP contribution is 2.22. The topological polar surface area (TPSA) is 108 Å². The second kappa shape index (κ2) is 8.40. The Bertz CT molecular complexity index is 1070. The van der Waals surface area contributed by atoms with Crippen LogP contribution < -0.4 is 16.7 Å². The van der Waals surface area contributed by atoms with Crippen molar-refractivity contribution in [2.45, 2.75) is 13.5 Å². The lowest BCUT2D eigenvalue weighted by molar-refractivity contribution is -0.114. The molecule has 0 saturated heterocycles. The van der Waals surface area contributed by atoms with Crippen molar-refractivity contribution in [3.63, 3.8) is 0 Å². The zero-order valence-corrected chi connectivity index (χ0v) is 15.2. The van der Waals surface area contributed by atoms with Gasteiger partial charge in [-0.2, -0.15) is 5.10 Å². The molecule has 0 fully saturated rings. The van der Waals surface area contributed by atoms with E-state index in [-0.39, 0.29) is 24.6 Å². The van der Waals surface area contributed by atoms with Crippen molar-refractivity contribution in [1.29, 1.82) is 0 Å². The molecule has 0 saturated carbocycles. The van der Waals surface area contributed by atoms with Crippen molar-refractivity contribution in [2.75, 3.05) is 11.9 Å². The van der Waals surface area contributed by atoms with E-state index in [0.717, 1.165) is 15.8 Å². The van der Waals surface area contributed by atoms with Crippen LogP contribution >= 0.6 is 0 Å². The Labute approximate surface area is 160 Å². The molecule has 9 heteroatoms. The molecule has 8 nitrogen and oxygen atoms in total. The molecule has 0 aliphatic heterocycles.